The van der Waals surface area contributed by atoms with Crippen molar-refractivity contribution in [2.24, 2.45) is 0 Å². The van der Waals surface area contributed by atoms with Gasteiger partial charge in [0.05, 0.1) is 0 Å². The highest BCUT2D eigenvalue weighted by Crippen LogP contribution is 2.17. The summed E-state index contributed by atoms with van der Waals surface area (Å²) in [5.74, 6) is 0.176. The van der Waals surface area contributed by atoms with E-state index < -0.39 is 0 Å². The number of nitrogens with zero attached hydrogens (tertiary/aromatic N) is 1. The first-order valence-corrected chi connectivity index (χ1v) is 6.19. The number of rotatable bonds is 1. The predicted molar refractivity (Wildman–Crippen MR) is 69.3 cm³/mol. The Hall–Kier alpha value is -1.35. The summed E-state index contributed by atoms with van der Waals surface area (Å²) in [5.41, 5.74) is 3.02. The first kappa shape index (κ1) is 12.1. The molecular formula is C14H20N2O. The normalized spacial score (nSPS) is 20.4. The largest absolute Gasteiger partial charge is 0.333 e. The van der Waals surface area contributed by atoms with Gasteiger partial charge in [0, 0.05) is 31.2 Å². The van der Waals surface area contributed by atoms with Crippen LogP contribution in [-0.4, -0.2) is 36.5 Å². The molecule has 1 N–H and O–H groups in total. The second-order valence-corrected chi connectivity index (χ2v) is 4.82. The molecule has 0 spiro atoms. The third-order valence-corrected chi connectivity index (χ3v) is 3.46. The van der Waals surface area contributed by atoms with Gasteiger partial charge in [-0.3, -0.25) is 4.79 Å². The van der Waals surface area contributed by atoms with Crippen molar-refractivity contribution in [2.75, 3.05) is 19.6 Å². The summed E-state index contributed by atoms with van der Waals surface area (Å²) in [7, 11) is 0. The van der Waals surface area contributed by atoms with Gasteiger partial charge in [-0.2, -0.15) is 0 Å². The molecule has 0 bridgehead atoms. The monoisotopic (exact) mass is 232 g/mol. The SMILES string of the molecule is Cc1cccc(C)c1C(=O)N1CCNC[C@H]1C. The van der Waals surface area contributed by atoms with Crippen molar-refractivity contribution in [3.05, 3.63) is 34.9 Å². The van der Waals surface area contributed by atoms with Crippen LogP contribution in [0, 0.1) is 13.8 Å². The van der Waals surface area contributed by atoms with Crippen molar-refractivity contribution in [1.29, 1.82) is 0 Å². The maximum absolute atomic E-state index is 12.5. The van der Waals surface area contributed by atoms with Crippen LogP contribution in [-0.2, 0) is 0 Å². The number of aryl methyl sites for hydroxylation is 2. The van der Waals surface area contributed by atoms with E-state index in [0.29, 0.717) is 0 Å². The second-order valence-electron chi connectivity index (χ2n) is 4.82. The first-order valence-electron chi connectivity index (χ1n) is 6.19. The number of hydrogen-bond donors (Lipinski definition) is 1. The highest BCUT2D eigenvalue weighted by atomic mass is 16.2. The van der Waals surface area contributed by atoms with Gasteiger partial charge in [0.15, 0.2) is 0 Å². The van der Waals surface area contributed by atoms with Crippen LogP contribution in [0.4, 0.5) is 0 Å². The Balaban J connectivity index is 2.30. The number of carbonyl (C=O) groups is 1. The van der Waals surface area contributed by atoms with Crippen molar-refractivity contribution >= 4 is 5.91 Å². The van der Waals surface area contributed by atoms with E-state index in [-0.39, 0.29) is 11.9 Å². The molecule has 3 heteroatoms. The van der Waals surface area contributed by atoms with Crippen LogP contribution < -0.4 is 5.32 Å². The minimum Gasteiger partial charge on any atom is -0.333 e. The standard InChI is InChI=1S/C14H20N2O/c1-10-5-4-6-11(2)13(10)14(17)16-8-7-15-9-12(16)3/h4-6,12,15H,7-9H2,1-3H3/t12-/m1/s1. The molecule has 0 aromatic heterocycles. The molecule has 0 saturated carbocycles. The van der Waals surface area contributed by atoms with E-state index >= 15 is 0 Å². The lowest BCUT2D eigenvalue weighted by Crippen LogP contribution is -2.52. The Morgan fingerprint density at radius 2 is 2.00 bits per heavy atom. The first-order chi connectivity index (χ1) is 8.11. The minimum atomic E-state index is 0.176. The molecule has 1 aromatic carbocycles. The number of piperazine rings is 1. The zero-order valence-corrected chi connectivity index (χ0v) is 10.8. The number of hydrogen-bond acceptors (Lipinski definition) is 2. The van der Waals surface area contributed by atoms with Crippen molar-refractivity contribution in [1.82, 2.24) is 10.2 Å². The summed E-state index contributed by atoms with van der Waals surface area (Å²) in [4.78, 5) is 14.5. The summed E-state index contributed by atoms with van der Waals surface area (Å²) < 4.78 is 0. The molecule has 1 fully saturated rings. The Bertz CT molecular complexity index is 408. The van der Waals surface area contributed by atoms with E-state index in [0.717, 1.165) is 36.3 Å². The van der Waals surface area contributed by atoms with Crippen LogP contribution in [0.25, 0.3) is 0 Å². The van der Waals surface area contributed by atoms with E-state index in [9.17, 15) is 4.79 Å². The Morgan fingerprint density at radius 1 is 1.35 bits per heavy atom. The summed E-state index contributed by atoms with van der Waals surface area (Å²) in [5, 5.41) is 3.31. The van der Waals surface area contributed by atoms with Gasteiger partial charge in [0.1, 0.15) is 0 Å². The van der Waals surface area contributed by atoms with Crippen LogP contribution >= 0.6 is 0 Å². The third kappa shape index (κ3) is 2.34. The summed E-state index contributed by atoms with van der Waals surface area (Å²) >= 11 is 0. The predicted octanol–water partition coefficient (Wildman–Crippen LogP) is 1.74. The quantitative estimate of drug-likeness (QED) is 0.800. The molecular weight excluding hydrogens is 212 g/mol. The fraction of sp³-hybridized carbons (Fsp3) is 0.500. The van der Waals surface area contributed by atoms with Crippen LogP contribution in [0.1, 0.15) is 28.4 Å². The summed E-state index contributed by atoms with van der Waals surface area (Å²) in [6.07, 6.45) is 0. The van der Waals surface area contributed by atoms with Gasteiger partial charge in [-0.25, -0.2) is 0 Å². The van der Waals surface area contributed by atoms with Crippen LogP contribution in [0.2, 0.25) is 0 Å². The van der Waals surface area contributed by atoms with Crippen molar-refractivity contribution < 1.29 is 4.79 Å². The molecule has 0 unspecified atom stereocenters. The molecule has 1 heterocycles. The van der Waals surface area contributed by atoms with E-state index in [2.05, 4.69) is 12.2 Å². The molecule has 3 nitrogen and oxygen atoms in total. The Kier molecular flexibility index (Phi) is 3.48. The van der Waals surface area contributed by atoms with Gasteiger partial charge in [-0.05, 0) is 31.9 Å². The highest BCUT2D eigenvalue weighted by molar-refractivity contribution is 5.97. The van der Waals surface area contributed by atoms with Gasteiger partial charge in [0.2, 0.25) is 0 Å². The Morgan fingerprint density at radius 3 is 2.59 bits per heavy atom. The zero-order chi connectivity index (χ0) is 12.4. The van der Waals surface area contributed by atoms with Crippen molar-refractivity contribution in [3.8, 4) is 0 Å². The molecule has 1 saturated heterocycles. The van der Waals surface area contributed by atoms with Gasteiger partial charge in [-0.15, -0.1) is 0 Å². The number of amides is 1. The maximum atomic E-state index is 12.5. The molecule has 1 aliphatic rings. The third-order valence-electron chi connectivity index (χ3n) is 3.46. The summed E-state index contributed by atoms with van der Waals surface area (Å²) in [6.45, 7) is 8.68. The molecule has 1 aliphatic heterocycles. The topological polar surface area (TPSA) is 32.3 Å². The van der Waals surface area contributed by atoms with Crippen LogP contribution in [0.15, 0.2) is 18.2 Å². The summed E-state index contributed by atoms with van der Waals surface area (Å²) in [6, 6.07) is 6.29. The molecule has 17 heavy (non-hydrogen) atoms. The van der Waals surface area contributed by atoms with Gasteiger partial charge < -0.3 is 10.2 Å². The minimum absolute atomic E-state index is 0.176. The molecule has 1 aromatic rings. The average Bonchev–Trinajstić information content (AvgIpc) is 2.29. The average molecular weight is 232 g/mol. The Labute approximate surface area is 103 Å². The molecule has 2 rings (SSSR count). The van der Waals surface area contributed by atoms with E-state index in [1.165, 1.54) is 0 Å². The van der Waals surface area contributed by atoms with E-state index in [1.54, 1.807) is 0 Å². The molecule has 92 valence electrons. The van der Waals surface area contributed by atoms with E-state index in [4.69, 9.17) is 0 Å². The van der Waals surface area contributed by atoms with Gasteiger partial charge in [-0.1, -0.05) is 18.2 Å². The van der Waals surface area contributed by atoms with Gasteiger partial charge >= 0.3 is 0 Å². The molecule has 1 amide bonds. The molecule has 1 atom stereocenters. The van der Waals surface area contributed by atoms with Crippen molar-refractivity contribution in [3.63, 3.8) is 0 Å². The highest BCUT2D eigenvalue weighted by Gasteiger charge is 2.25. The lowest BCUT2D eigenvalue weighted by molar-refractivity contribution is 0.0654. The van der Waals surface area contributed by atoms with Crippen LogP contribution in [0.5, 0.6) is 0 Å². The maximum Gasteiger partial charge on any atom is 0.254 e. The zero-order valence-electron chi connectivity index (χ0n) is 10.8. The smallest absolute Gasteiger partial charge is 0.254 e. The fourth-order valence-electron chi connectivity index (χ4n) is 2.44. The lowest BCUT2D eigenvalue weighted by atomic mass is 10.0. The lowest BCUT2D eigenvalue weighted by Gasteiger charge is -2.34. The fourth-order valence-corrected chi connectivity index (χ4v) is 2.44. The molecule has 0 radical (unpaired) electrons. The van der Waals surface area contributed by atoms with E-state index in [1.807, 2.05) is 36.9 Å². The number of benzene rings is 1. The second kappa shape index (κ2) is 4.88. The number of nitrogens with one attached hydrogen (secondary N) is 1. The number of carbonyl (C=O) groups excluding carboxylic acids is 1. The van der Waals surface area contributed by atoms with Crippen LogP contribution in [0.3, 0.4) is 0 Å². The van der Waals surface area contributed by atoms with Crippen molar-refractivity contribution in [2.45, 2.75) is 26.8 Å². The van der Waals surface area contributed by atoms with Gasteiger partial charge in [0.25, 0.3) is 5.91 Å². The molecule has 0 aliphatic carbocycles.